The Morgan fingerprint density at radius 1 is 1.08 bits per heavy atom. The maximum absolute atomic E-state index is 12.9. The van der Waals surface area contributed by atoms with Crippen molar-refractivity contribution >= 4 is 39.3 Å². The number of halogens is 4. The summed E-state index contributed by atoms with van der Waals surface area (Å²) in [6.07, 6.45) is -4.75. The summed E-state index contributed by atoms with van der Waals surface area (Å²) in [6.45, 7) is -0.220. The lowest BCUT2D eigenvalue weighted by atomic mass is 10.1. The van der Waals surface area contributed by atoms with Crippen molar-refractivity contribution < 1.29 is 30.9 Å². The molecule has 1 N–H and O–H groups in total. The van der Waals surface area contributed by atoms with Crippen molar-refractivity contribution in [2.75, 3.05) is 9.21 Å². The minimum absolute atomic E-state index is 0.0790. The van der Waals surface area contributed by atoms with Crippen molar-refractivity contribution in [3.05, 3.63) is 58.6 Å². The van der Waals surface area contributed by atoms with Gasteiger partial charge in [-0.15, -0.1) is 0 Å². The number of rotatable bonds is 2. The molecule has 0 unspecified atom stereocenters. The van der Waals surface area contributed by atoms with E-state index in [1.54, 1.807) is 12.1 Å². The van der Waals surface area contributed by atoms with Crippen LogP contribution in [0.3, 0.4) is 0 Å². The lowest BCUT2D eigenvalue weighted by molar-refractivity contribution is -0.137. The van der Waals surface area contributed by atoms with Gasteiger partial charge in [0.05, 0.1) is 28.5 Å². The zero-order valence-electron chi connectivity index (χ0n) is 12.7. The number of para-hydroxylation sites is 1. The van der Waals surface area contributed by atoms with E-state index in [1.807, 2.05) is 0 Å². The number of benzene rings is 2. The molecule has 0 fully saturated rings. The van der Waals surface area contributed by atoms with Gasteiger partial charge in [-0.3, -0.25) is 9.45 Å². The van der Waals surface area contributed by atoms with Crippen molar-refractivity contribution in [2.24, 2.45) is 0 Å². The van der Waals surface area contributed by atoms with Gasteiger partial charge in [-0.2, -0.15) is 25.9 Å². The molecule has 2 aromatic carbocycles. The zero-order chi connectivity index (χ0) is 19.3. The van der Waals surface area contributed by atoms with Crippen LogP contribution in [0.25, 0.3) is 0 Å². The molecule has 1 aliphatic rings. The molecule has 0 atom stereocenters. The molecule has 0 aliphatic carbocycles. The first kappa shape index (κ1) is 18.5. The second kappa shape index (κ2) is 6.15. The number of amides is 2. The standard InChI is InChI=1S/C15H10ClF3N2O4S/c16-11-3-1-2-4-12(11)20-8-9-5-6-10(15(17,18)19)7-13(9)21(14(20)22)26(23,24)25/h1-7H,8H2,(H,23,24,25). The van der Waals surface area contributed by atoms with Crippen LogP contribution in [-0.2, 0) is 23.0 Å². The molecule has 0 bridgehead atoms. The van der Waals surface area contributed by atoms with Crippen LogP contribution in [0.5, 0.6) is 0 Å². The van der Waals surface area contributed by atoms with Crippen LogP contribution in [0.1, 0.15) is 11.1 Å². The number of urea groups is 1. The lowest BCUT2D eigenvalue weighted by Gasteiger charge is -2.35. The third kappa shape index (κ3) is 3.22. The molecule has 0 aromatic heterocycles. The Kier molecular flexibility index (Phi) is 4.37. The minimum Gasteiger partial charge on any atom is -0.287 e. The Balaban J connectivity index is 2.20. The smallest absolute Gasteiger partial charge is 0.287 e. The van der Waals surface area contributed by atoms with Gasteiger partial charge in [0.2, 0.25) is 0 Å². The molecule has 0 radical (unpaired) electrons. The summed E-state index contributed by atoms with van der Waals surface area (Å²) in [5.41, 5.74) is -1.46. The highest BCUT2D eigenvalue weighted by atomic mass is 35.5. The molecule has 6 nitrogen and oxygen atoms in total. The maximum Gasteiger partial charge on any atom is 0.416 e. The van der Waals surface area contributed by atoms with Gasteiger partial charge in [-0.05, 0) is 29.8 Å². The van der Waals surface area contributed by atoms with Crippen molar-refractivity contribution in [3.8, 4) is 0 Å². The summed E-state index contributed by atoms with van der Waals surface area (Å²) in [6, 6.07) is 7.12. The van der Waals surface area contributed by atoms with Gasteiger partial charge >= 0.3 is 22.5 Å². The van der Waals surface area contributed by atoms with E-state index in [9.17, 15) is 30.9 Å². The van der Waals surface area contributed by atoms with E-state index in [0.717, 1.165) is 17.0 Å². The zero-order valence-corrected chi connectivity index (χ0v) is 14.3. The van der Waals surface area contributed by atoms with Crippen LogP contribution < -0.4 is 9.21 Å². The fraction of sp³-hybridized carbons (Fsp3) is 0.133. The summed E-state index contributed by atoms with van der Waals surface area (Å²) in [5, 5.41) is 0.131. The van der Waals surface area contributed by atoms with Crippen LogP contribution in [0.4, 0.5) is 29.3 Å². The lowest BCUT2D eigenvalue weighted by Crippen LogP contribution is -2.50. The van der Waals surface area contributed by atoms with E-state index in [4.69, 9.17) is 11.6 Å². The Bertz CT molecular complexity index is 995. The van der Waals surface area contributed by atoms with Crippen molar-refractivity contribution in [1.29, 1.82) is 0 Å². The summed E-state index contributed by atoms with van der Waals surface area (Å²) in [5.74, 6) is 0. The normalized spacial score (nSPS) is 15.2. The van der Waals surface area contributed by atoms with Gasteiger partial charge in [0.15, 0.2) is 0 Å². The van der Waals surface area contributed by atoms with Gasteiger partial charge in [0.25, 0.3) is 0 Å². The van der Waals surface area contributed by atoms with Crippen molar-refractivity contribution in [1.82, 2.24) is 0 Å². The predicted molar refractivity (Wildman–Crippen MR) is 88.5 cm³/mol. The first-order chi connectivity index (χ1) is 12.0. The second-order valence-corrected chi connectivity index (χ2v) is 7.07. The Morgan fingerprint density at radius 3 is 2.31 bits per heavy atom. The first-order valence-corrected chi connectivity index (χ1v) is 8.81. The molecule has 0 saturated heterocycles. The molecule has 0 spiro atoms. The van der Waals surface area contributed by atoms with Gasteiger partial charge in [-0.1, -0.05) is 29.8 Å². The van der Waals surface area contributed by atoms with E-state index >= 15 is 0 Å². The number of anilines is 2. The average molecular weight is 407 g/mol. The summed E-state index contributed by atoms with van der Waals surface area (Å²) < 4.78 is 71.5. The van der Waals surface area contributed by atoms with E-state index in [2.05, 4.69) is 0 Å². The number of carbonyl (C=O) groups is 1. The van der Waals surface area contributed by atoms with Crippen LogP contribution in [0.15, 0.2) is 42.5 Å². The number of alkyl halides is 3. The molecular weight excluding hydrogens is 397 g/mol. The Hall–Kier alpha value is -2.30. The summed E-state index contributed by atoms with van der Waals surface area (Å²) in [7, 11) is -5.17. The fourth-order valence-corrected chi connectivity index (χ4v) is 3.55. The van der Waals surface area contributed by atoms with Crippen LogP contribution in [0.2, 0.25) is 5.02 Å². The number of hydrogen-bond acceptors (Lipinski definition) is 3. The molecule has 1 aliphatic heterocycles. The molecule has 1 heterocycles. The molecule has 2 amide bonds. The highest BCUT2D eigenvalue weighted by molar-refractivity contribution is 7.88. The topological polar surface area (TPSA) is 77.9 Å². The van der Waals surface area contributed by atoms with E-state index in [0.29, 0.717) is 6.07 Å². The van der Waals surface area contributed by atoms with Gasteiger partial charge in [-0.25, -0.2) is 4.79 Å². The Morgan fingerprint density at radius 2 is 1.73 bits per heavy atom. The fourth-order valence-electron chi connectivity index (χ4n) is 2.60. The van der Waals surface area contributed by atoms with Crippen LogP contribution in [-0.4, -0.2) is 19.0 Å². The molecule has 0 saturated carbocycles. The van der Waals surface area contributed by atoms with Crippen molar-refractivity contribution in [2.45, 2.75) is 12.7 Å². The van der Waals surface area contributed by atoms with Crippen molar-refractivity contribution in [3.63, 3.8) is 0 Å². The average Bonchev–Trinajstić information content (AvgIpc) is 2.52. The predicted octanol–water partition coefficient (Wildman–Crippen LogP) is 4.11. The third-order valence-corrected chi connectivity index (χ3v) is 4.87. The molecule has 3 rings (SSSR count). The Labute approximate surface area is 151 Å². The number of nitrogens with zero attached hydrogens (tertiary/aromatic N) is 2. The van der Waals surface area contributed by atoms with E-state index in [-0.39, 0.29) is 27.1 Å². The second-order valence-electron chi connectivity index (χ2n) is 5.40. The monoisotopic (exact) mass is 406 g/mol. The highest BCUT2D eigenvalue weighted by Crippen LogP contribution is 2.39. The third-order valence-electron chi connectivity index (χ3n) is 3.74. The maximum atomic E-state index is 12.9. The highest BCUT2D eigenvalue weighted by Gasteiger charge is 2.41. The van der Waals surface area contributed by atoms with Crippen LogP contribution in [0, 0.1) is 0 Å². The van der Waals surface area contributed by atoms with Gasteiger partial charge in [0, 0.05) is 0 Å². The van der Waals surface area contributed by atoms with Gasteiger partial charge in [0.1, 0.15) is 0 Å². The van der Waals surface area contributed by atoms with Crippen LogP contribution >= 0.6 is 11.6 Å². The number of fused-ring (bicyclic) bond motifs is 1. The first-order valence-electron chi connectivity index (χ1n) is 7.04. The summed E-state index contributed by atoms with van der Waals surface area (Å²) >= 11 is 6.02. The largest absolute Gasteiger partial charge is 0.416 e. The van der Waals surface area contributed by atoms with E-state index in [1.165, 1.54) is 12.1 Å². The molecule has 2 aromatic rings. The number of carbonyl (C=O) groups excluding carboxylic acids is 1. The quantitative estimate of drug-likeness (QED) is 0.761. The van der Waals surface area contributed by atoms with Gasteiger partial charge < -0.3 is 0 Å². The number of hydrogen-bond donors (Lipinski definition) is 1. The molecule has 26 heavy (non-hydrogen) atoms. The minimum atomic E-state index is -5.17. The molecule has 138 valence electrons. The van der Waals surface area contributed by atoms with E-state index < -0.39 is 33.8 Å². The SMILES string of the molecule is O=C1N(c2ccccc2Cl)Cc2ccc(C(F)(F)F)cc2N1S(=O)(=O)O. The summed E-state index contributed by atoms with van der Waals surface area (Å²) in [4.78, 5) is 13.6. The molecular formula is C15H10ClF3N2O4S. The molecule has 11 heteroatoms.